The molecule has 1 amide bonds. The smallest absolute Gasteiger partial charge is 0.410 e. The van der Waals surface area contributed by atoms with Crippen molar-refractivity contribution in [1.82, 2.24) is 4.90 Å². The fourth-order valence-corrected chi connectivity index (χ4v) is 2.92. The summed E-state index contributed by atoms with van der Waals surface area (Å²) in [6, 6.07) is 7.73. The number of carbonyl (C=O) groups is 2. The first kappa shape index (κ1) is 20.0. The van der Waals surface area contributed by atoms with Gasteiger partial charge >= 0.3 is 12.1 Å². The van der Waals surface area contributed by atoms with E-state index >= 15 is 0 Å². The number of carboxylic acids is 1. The first-order valence-corrected chi connectivity index (χ1v) is 8.84. The number of carbonyl (C=O) groups excluding carboxylic acids is 1. The number of aliphatic hydroxyl groups is 1. The number of hydrogen-bond donors (Lipinski definition) is 2. The van der Waals surface area contributed by atoms with E-state index < -0.39 is 17.7 Å². The molecule has 1 aromatic rings. The lowest BCUT2D eigenvalue weighted by molar-refractivity contribution is -0.132. The first-order chi connectivity index (χ1) is 12.2. The van der Waals surface area contributed by atoms with E-state index in [0.717, 1.165) is 23.1 Å². The number of aliphatic hydroxyl groups excluding tert-OH is 1. The van der Waals surface area contributed by atoms with E-state index in [2.05, 4.69) is 0 Å². The number of carboxylic acid groups (broad SMARTS) is 1. The van der Waals surface area contributed by atoms with Crippen molar-refractivity contribution >= 4 is 17.6 Å². The second-order valence-corrected chi connectivity index (χ2v) is 7.44. The Morgan fingerprint density at radius 3 is 2.38 bits per heavy atom. The van der Waals surface area contributed by atoms with Gasteiger partial charge in [0.2, 0.25) is 0 Å². The molecule has 1 aromatic carbocycles. The van der Waals surface area contributed by atoms with E-state index in [1.807, 2.05) is 24.3 Å². The molecule has 0 radical (unpaired) electrons. The maximum atomic E-state index is 12.2. The van der Waals surface area contributed by atoms with E-state index in [1.54, 1.807) is 20.8 Å². The van der Waals surface area contributed by atoms with Crippen molar-refractivity contribution in [3.8, 4) is 0 Å². The van der Waals surface area contributed by atoms with Gasteiger partial charge < -0.3 is 19.8 Å². The number of aliphatic carboxylic acids is 1. The van der Waals surface area contributed by atoms with Crippen molar-refractivity contribution in [3.05, 3.63) is 41.0 Å². The third kappa shape index (κ3) is 5.33. The van der Waals surface area contributed by atoms with Gasteiger partial charge in [0.05, 0.1) is 12.1 Å². The predicted molar refractivity (Wildman–Crippen MR) is 98.8 cm³/mol. The van der Waals surface area contributed by atoms with Crippen LogP contribution >= 0.6 is 0 Å². The molecular weight excluding hydrogens is 334 g/mol. The molecule has 1 aliphatic rings. The van der Waals surface area contributed by atoms with E-state index in [-0.39, 0.29) is 18.7 Å². The Morgan fingerprint density at radius 1 is 1.19 bits per heavy atom. The maximum Gasteiger partial charge on any atom is 0.410 e. The summed E-state index contributed by atoms with van der Waals surface area (Å²) in [5, 5.41) is 18.5. The molecule has 6 nitrogen and oxygen atoms in total. The van der Waals surface area contributed by atoms with Crippen LogP contribution in [-0.2, 0) is 16.0 Å². The number of aryl methyl sites for hydroxylation is 1. The lowest BCUT2D eigenvalue weighted by Crippen LogP contribution is -2.41. The molecule has 142 valence electrons. The summed E-state index contributed by atoms with van der Waals surface area (Å²) in [6.07, 6.45) is 1.47. The minimum atomic E-state index is -1.02. The number of rotatable bonds is 5. The zero-order valence-electron chi connectivity index (χ0n) is 15.6. The van der Waals surface area contributed by atoms with Gasteiger partial charge in [0.25, 0.3) is 0 Å². The van der Waals surface area contributed by atoms with Gasteiger partial charge in [-0.1, -0.05) is 24.3 Å². The normalized spacial score (nSPS) is 15.2. The monoisotopic (exact) mass is 361 g/mol. The van der Waals surface area contributed by atoms with Gasteiger partial charge in [-0.3, -0.25) is 0 Å². The van der Waals surface area contributed by atoms with Crippen LogP contribution in [0.5, 0.6) is 0 Å². The van der Waals surface area contributed by atoms with Gasteiger partial charge in [-0.15, -0.1) is 0 Å². The number of benzene rings is 1. The molecule has 0 atom stereocenters. The quantitative estimate of drug-likeness (QED) is 0.841. The zero-order valence-corrected chi connectivity index (χ0v) is 15.6. The fraction of sp³-hybridized carbons (Fsp3) is 0.500. The predicted octanol–water partition coefficient (Wildman–Crippen LogP) is 3.09. The van der Waals surface area contributed by atoms with Crippen LogP contribution in [0.15, 0.2) is 29.8 Å². The lowest BCUT2D eigenvalue weighted by atomic mass is 9.92. The maximum absolute atomic E-state index is 12.2. The lowest BCUT2D eigenvalue weighted by Gasteiger charge is -2.31. The van der Waals surface area contributed by atoms with Crippen molar-refractivity contribution < 1.29 is 24.5 Å². The Morgan fingerprint density at radius 2 is 1.85 bits per heavy atom. The van der Waals surface area contributed by atoms with Crippen molar-refractivity contribution in [3.63, 3.8) is 0 Å². The Hall–Kier alpha value is -2.34. The summed E-state index contributed by atoms with van der Waals surface area (Å²) >= 11 is 0. The van der Waals surface area contributed by atoms with Crippen LogP contribution in [0, 0.1) is 0 Å². The summed E-state index contributed by atoms with van der Waals surface area (Å²) in [5.74, 6) is -1.02. The molecule has 0 aliphatic carbocycles. The van der Waals surface area contributed by atoms with Gasteiger partial charge in [-0.05, 0) is 56.7 Å². The molecule has 0 aromatic heterocycles. The highest BCUT2D eigenvalue weighted by molar-refractivity contribution is 5.98. The largest absolute Gasteiger partial charge is 0.478 e. The molecule has 1 heterocycles. The van der Waals surface area contributed by atoms with Gasteiger partial charge in [0, 0.05) is 13.2 Å². The van der Waals surface area contributed by atoms with Crippen LogP contribution in [0.1, 0.15) is 44.7 Å². The third-order valence-corrected chi connectivity index (χ3v) is 4.18. The summed E-state index contributed by atoms with van der Waals surface area (Å²) in [6.45, 7) is 5.96. The topological polar surface area (TPSA) is 87.1 Å². The van der Waals surface area contributed by atoms with E-state index in [0.29, 0.717) is 19.4 Å². The molecule has 0 fully saturated rings. The third-order valence-electron chi connectivity index (χ3n) is 4.18. The molecule has 0 spiro atoms. The summed E-state index contributed by atoms with van der Waals surface area (Å²) in [5.41, 5.74) is 2.33. The number of amides is 1. The molecule has 0 unspecified atom stereocenters. The average molecular weight is 361 g/mol. The molecule has 26 heavy (non-hydrogen) atoms. The molecular formula is C20H27NO5. The van der Waals surface area contributed by atoms with Crippen LogP contribution in [0.25, 0.3) is 5.57 Å². The second kappa shape index (κ2) is 8.36. The SMILES string of the molecule is CC(C)(C)OC(=O)N1CCC(c2ccc(CCCO)cc2)=C(C(=O)O)C1. The van der Waals surface area contributed by atoms with Gasteiger partial charge in [0.1, 0.15) is 5.60 Å². The minimum absolute atomic E-state index is 0.0336. The standard InChI is InChI=1S/C20H27NO5/c1-20(2,3)26-19(25)21-11-10-16(17(13-21)18(23)24)15-8-6-14(7-9-15)5-4-12-22/h6-9,22H,4-5,10-13H2,1-3H3,(H,23,24). The highest BCUT2D eigenvalue weighted by Crippen LogP contribution is 2.29. The number of hydrogen-bond acceptors (Lipinski definition) is 4. The molecule has 2 rings (SSSR count). The van der Waals surface area contributed by atoms with E-state index in [4.69, 9.17) is 9.84 Å². The van der Waals surface area contributed by atoms with Crippen LogP contribution in [0.4, 0.5) is 4.79 Å². The van der Waals surface area contributed by atoms with Crippen LogP contribution in [-0.4, -0.2) is 52.5 Å². The summed E-state index contributed by atoms with van der Waals surface area (Å²) < 4.78 is 5.35. The van der Waals surface area contributed by atoms with Gasteiger partial charge in [-0.2, -0.15) is 0 Å². The van der Waals surface area contributed by atoms with Crippen molar-refractivity contribution in [1.29, 1.82) is 0 Å². The molecule has 6 heteroatoms. The highest BCUT2D eigenvalue weighted by Gasteiger charge is 2.30. The second-order valence-electron chi connectivity index (χ2n) is 7.44. The highest BCUT2D eigenvalue weighted by atomic mass is 16.6. The summed E-state index contributed by atoms with van der Waals surface area (Å²) in [7, 11) is 0. The van der Waals surface area contributed by atoms with Crippen molar-refractivity contribution in [2.45, 2.75) is 45.6 Å². The Kier molecular flexibility index (Phi) is 6.42. The van der Waals surface area contributed by atoms with Crippen LogP contribution in [0.2, 0.25) is 0 Å². The van der Waals surface area contributed by atoms with Crippen molar-refractivity contribution in [2.24, 2.45) is 0 Å². The molecule has 2 N–H and O–H groups in total. The van der Waals surface area contributed by atoms with E-state index in [9.17, 15) is 14.7 Å². The Bertz CT molecular complexity index is 685. The molecule has 0 saturated heterocycles. The molecule has 0 saturated carbocycles. The number of nitrogens with zero attached hydrogens (tertiary/aromatic N) is 1. The fourth-order valence-electron chi connectivity index (χ4n) is 2.92. The van der Waals surface area contributed by atoms with Crippen LogP contribution < -0.4 is 0 Å². The first-order valence-electron chi connectivity index (χ1n) is 8.84. The Balaban J connectivity index is 2.20. The minimum Gasteiger partial charge on any atom is -0.478 e. The number of ether oxygens (including phenoxy) is 1. The molecule has 0 bridgehead atoms. The van der Waals surface area contributed by atoms with Gasteiger partial charge in [0.15, 0.2) is 0 Å². The van der Waals surface area contributed by atoms with Crippen LogP contribution in [0.3, 0.4) is 0 Å². The Labute approximate surface area is 154 Å². The van der Waals surface area contributed by atoms with Crippen molar-refractivity contribution in [2.75, 3.05) is 19.7 Å². The average Bonchev–Trinajstić information content (AvgIpc) is 2.58. The van der Waals surface area contributed by atoms with Gasteiger partial charge in [-0.25, -0.2) is 9.59 Å². The molecule has 1 aliphatic heterocycles. The zero-order chi connectivity index (χ0) is 19.3. The summed E-state index contributed by atoms with van der Waals surface area (Å²) in [4.78, 5) is 25.4. The van der Waals surface area contributed by atoms with E-state index in [1.165, 1.54) is 4.90 Å².